The molecule has 0 radical (unpaired) electrons. The number of rotatable bonds is 6. The smallest absolute Gasteiger partial charge is 0.175 e. The molecule has 1 aromatic carbocycles. The van der Waals surface area contributed by atoms with Crippen molar-refractivity contribution in [2.45, 2.75) is 14.4 Å². The normalized spacial score (nSPS) is 10.5. The van der Waals surface area contributed by atoms with Gasteiger partial charge < -0.3 is 10.5 Å². The van der Waals surface area contributed by atoms with Crippen molar-refractivity contribution < 1.29 is 4.74 Å². The molecule has 1 aromatic heterocycles. The van der Waals surface area contributed by atoms with Crippen molar-refractivity contribution in [2.75, 3.05) is 13.4 Å². The van der Waals surface area contributed by atoms with Gasteiger partial charge in [0.1, 0.15) is 11.6 Å². The minimum atomic E-state index is 0.00860. The summed E-state index contributed by atoms with van der Waals surface area (Å²) in [5, 5.41) is 15.7. The monoisotopic (exact) mass is 326 g/mol. The van der Waals surface area contributed by atoms with Gasteiger partial charge in [0.25, 0.3) is 0 Å². The summed E-state index contributed by atoms with van der Waals surface area (Å²) in [6.07, 6.45) is 1.98. The first-order chi connectivity index (χ1) is 9.63. The van der Waals surface area contributed by atoms with Crippen LogP contribution in [-0.2, 0) is 5.75 Å². The molecule has 0 aliphatic heterocycles. The van der Waals surface area contributed by atoms with Crippen molar-refractivity contribution in [3.8, 4) is 5.75 Å². The van der Waals surface area contributed by atoms with E-state index >= 15 is 0 Å². The van der Waals surface area contributed by atoms with Gasteiger partial charge in [-0.05, 0) is 24.0 Å². The van der Waals surface area contributed by atoms with Gasteiger partial charge in [-0.15, -0.1) is 10.2 Å². The maximum absolute atomic E-state index is 7.57. The quantitative estimate of drug-likeness (QED) is 0.482. The summed E-state index contributed by atoms with van der Waals surface area (Å²) in [7, 11) is 1.57. The fourth-order valence-corrected chi connectivity index (χ4v) is 3.92. The van der Waals surface area contributed by atoms with E-state index in [9.17, 15) is 0 Å². The Kier molecular flexibility index (Phi) is 5.27. The van der Waals surface area contributed by atoms with Crippen molar-refractivity contribution in [1.82, 2.24) is 10.2 Å². The van der Waals surface area contributed by atoms with Crippen LogP contribution in [0.5, 0.6) is 5.75 Å². The first kappa shape index (κ1) is 15.1. The van der Waals surface area contributed by atoms with E-state index in [0.29, 0.717) is 11.3 Å². The number of thioether (sulfide) groups is 2. The number of aromatic nitrogens is 2. The SMILES string of the molecule is COc1ccc(CSc2nnc(SC)s2)cc1C(=N)N. The average Bonchev–Trinajstić information content (AvgIpc) is 2.92. The minimum absolute atomic E-state index is 0.00860. The lowest BCUT2D eigenvalue weighted by Gasteiger charge is -2.08. The van der Waals surface area contributed by atoms with Crippen LogP contribution in [0.15, 0.2) is 26.9 Å². The Labute approximate surface area is 129 Å². The molecule has 0 bridgehead atoms. The molecule has 106 valence electrons. The summed E-state index contributed by atoms with van der Waals surface area (Å²) >= 11 is 4.80. The zero-order chi connectivity index (χ0) is 14.5. The summed E-state index contributed by atoms with van der Waals surface area (Å²) in [6.45, 7) is 0. The Morgan fingerprint density at radius 3 is 2.75 bits per heavy atom. The van der Waals surface area contributed by atoms with E-state index < -0.39 is 0 Å². The summed E-state index contributed by atoms with van der Waals surface area (Å²) in [5.74, 6) is 1.38. The fourth-order valence-electron chi connectivity index (χ4n) is 1.54. The van der Waals surface area contributed by atoms with Crippen LogP contribution in [0.1, 0.15) is 11.1 Å². The van der Waals surface area contributed by atoms with Crippen LogP contribution in [0.4, 0.5) is 0 Å². The van der Waals surface area contributed by atoms with E-state index in [-0.39, 0.29) is 5.84 Å². The van der Waals surface area contributed by atoms with Gasteiger partial charge in [-0.3, -0.25) is 5.41 Å². The second-order valence-electron chi connectivity index (χ2n) is 3.77. The minimum Gasteiger partial charge on any atom is -0.496 e. The second-order valence-corrected chi connectivity index (χ2v) is 7.03. The van der Waals surface area contributed by atoms with Gasteiger partial charge in [-0.2, -0.15) is 0 Å². The molecule has 2 aromatic rings. The molecule has 0 amide bonds. The number of nitrogens with two attached hydrogens (primary N) is 1. The maximum atomic E-state index is 7.57. The highest BCUT2D eigenvalue weighted by molar-refractivity contribution is 8.02. The van der Waals surface area contributed by atoms with Crippen LogP contribution in [0, 0.1) is 5.41 Å². The van der Waals surface area contributed by atoms with Gasteiger partial charge in [0.15, 0.2) is 8.68 Å². The molecule has 20 heavy (non-hydrogen) atoms. The fraction of sp³-hybridized carbons (Fsp3) is 0.250. The third-order valence-electron chi connectivity index (χ3n) is 2.48. The lowest BCUT2D eigenvalue weighted by Crippen LogP contribution is -2.12. The van der Waals surface area contributed by atoms with Crippen LogP contribution in [0.2, 0.25) is 0 Å². The molecular weight excluding hydrogens is 312 g/mol. The van der Waals surface area contributed by atoms with Crippen LogP contribution in [0.25, 0.3) is 0 Å². The van der Waals surface area contributed by atoms with Crippen molar-refractivity contribution >= 4 is 40.7 Å². The molecular formula is C12H14N4OS3. The summed E-state index contributed by atoms with van der Waals surface area (Å²) < 4.78 is 7.10. The summed E-state index contributed by atoms with van der Waals surface area (Å²) in [4.78, 5) is 0. The van der Waals surface area contributed by atoms with Crippen LogP contribution in [-0.4, -0.2) is 29.4 Å². The summed E-state index contributed by atoms with van der Waals surface area (Å²) in [6, 6.07) is 5.68. The molecule has 2 rings (SSSR count). The standard InChI is InChI=1S/C12H14N4OS3/c1-17-9-4-3-7(5-8(9)10(13)14)6-19-12-16-15-11(18-2)20-12/h3-5H,6H2,1-2H3,(H3,13,14). The first-order valence-electron chi connectivity index (χ1n) is 5.65. The van der Waals surface area contributed by atoms with Crippen molar-refractivity contribution in [1.29, 1.82) is 5.41 Å². The van der Waals surface area contributed by atoms with Gasteiger partial charge >= 0.3 is 0 Å². The van der Waals surface area contributed by atoms with Crippen molar-refractivity contribution in [3.05, 3.63) is 29.3 Å². The number of nitrogens with one attached hydrogen (secondary N) is 1. The predicted molar refractivity (Wildman–Crippen MR) is 85.3 cm³/mol. The lowest BCUT2D eigenvalue weighted by atomic mass is 10.1. The second kappa shape index (κ2) is 6.96. The molecule has 0 fully saturated rings. The van der Waals surface area contributed by atoms with Crippen molar-refractivity contribution in [2.24, 2.45) is 5.73 Å². The summed E-state index contributed by atoms with van der Waals surface area (Å²) in [5.41, 5.74) is 7.25. The third-order valence-corrected chi connectivity index (χ3v) is 5.58. The highest BCUT2D eigenvalue weighted by Gasteiger charge is 2.09. The van der Waals surface area contributed by atoms with Gasteiger partial charge in [-0.1, -0.05) is 40.9 Å². The number of nitrogens with zero attached hydrogens (tertiary/aromatic N) is 2. The third kappa shape index (κ3) is 3.65. The van der Waals surface area contributed by atoms with Crippen LogP contribution in [0.3, 0.4) is 0 Å². The number of hydrogen-bond donors (Lipinski definition) is 2. The van der Waals surface area contributed by atoms with Gasteiger partial charge in [0, 0.05) is 5.75 Å². The molecule has 0 saturated carbocycles. The zero-order valence-electron chi connectivity index (χ0n) is 11.0. The molecule has 0 unspecified atom stereocenters. The highest BCUT2D eigenvalue weighted by atomic mass is 32.2. The van der Waals surface area contributed by atoms with Gasteiger partial charge in [-0.25, -0.2) is 0 Å². The predicted octanol–water partition coefficient (Wildman–Crippen LogP) is 2.84. The number of nitrogen functional groups attached to an aromatic ring is 1. The molecule has 0 aliphatic carbocycles. The number of amidine groups is 1. The van der Waals surface area contributed by atoms with Gasteiger partial charge in [0.2, 0.25) is 0 Å². The van der Waals surface area contributed by atoms with E-state index in [4.69, 9.17) is 15.9 Å². The number of hydrogen-bond acceptors (Lipinski definition) is 7. The van der Waals surface area contributed by atoms with E-state index in [1.165, 1.54) is 0 Å². The van der Waals surface area contributed by atoms with E-state index in [1.807, 2.05) is 24.5 Å². The number of benzene rings is 1. The Morgan fingerprint density at radius 1 is 1.40 bits per heavy atom. The highest BCUT2D eigenvalue weighted by Crippen LogP contribution is 2.30. The topological polar surface area (TPSA) is 84.9 Å². The molecule has 0 atom stereocenters. The maximum Gasteiger partial charge on any atom is 0.175 e. The molecule has 3 N–H and O–H groups in total. The Balaban J connectivity index is 2.09. The molecule has 0 saturated heterocycles. The van der Waals surface area contributed by atoms with Crippen LogP contribution < -0.4 is 10.5 Å². The van der Waals surface area contributed by atoms with Gasteiger partial charge in [0.05, 0.1) is 12.7 Å². The number of methoxy groups -OCH3 is 1. The number of ether oxygens (including phenoxy) is 1. The zero-order valence-corrected chi connectivity index (χ0v) is 13.5. The van der Waals surface area contributed by atoms with E-state index in [0.717, 1.165) is 20.0 Å². The lowest BCUT2D eigenvalue weighted by molar-refractivity contribution is 0.413. The molecule has 1 heterocycles. The molecule has 8 heteroatoms. The van der Waals surface area contributed by atoms with E-state index in [2.05, 4.69) is 10.2 Å². The Bertz CT molecular complexity index is 614. The molecule has 5 nitrogen and oxygen atoms in total. The average molecular weight is 326 g/mol. The first-order valence-corrected chi connectivity index (χ1v) is 8.68. The van der Waals surface area contributed by atoms with E-state index in [1.54, 1.807) is 42.0 Å². The van der Waals surface area contributed by atoms with Crippen LogP contribution >= 0.6 is 34.9 Å². The molecule has 0 spiro atoms. The Morgan fingerprint density at radius 2 is 2.15 bits per heavy atom. The van der Waals surface area contributed by atoms with Crippen molar-refractivity contribution in [3.63, 3.8) is 0 Å². The Hall–Kier alpha value is -1.25. The largest absolute Gasteiger partial charge is 0.496 e. The molecule has 0 aliphatic rings.